The van der Waals surface area contributed by atoms with Gasteiger partial charge in [-0.25, -0.2) is 4.98 Å². The molecule has 2 rings (SSSR count). The van der Waals surface area contributed by atoms with Crippen LogP contribution in [0.5, 0.6) is 0 Å². The maximum atomic E-state index is 10.7. The molecular weight excluding hydrogens is 274 g/mol. The number of benzene rings is 1. The molecule has 1 heterocycles. The largest absolute Gasteiger partial charge is 0.306 e. The van der Waals surface area contributed by atoms with E-state index >= 15 is 0 Å². The van der Waals surface area contributed by atoms with Crippen molar-refractivity contribution in [2.75, 3.05) is 0 Å². The van der Waals surface area contributed by atoms with Crippen LogP contribution in [0.25, 0.3) is 10.9 Å². The Morgan fingerprint density at radius 3 is 2.56 bits per heavy atom. The minimum Gasteiger partial charge on any atom is -0.258 e. The number of hydrogen-bond donors (Lipinski definition) is 0. The second kappa shape index (κ2) is 4.05. The lowest BCUT2D eigenvalue weighted by Crippen LogP contribution is -1.92. The van der Waals surface area contributed by atoms with Gasteiger partial charge in [0.15, 0.2) is 0 Å². The summed E-state index contributed by atoms with van der Waals surface area (Å²) in [5, 5.41) is 11.6. The van der Waals surface area contributed by atoms with Gasteiger partial charge in [0, 0.05) is 10.4 Å². The summed E-state index contributed by atoms with van der Waals surface area (Å²) >= 11 is 17.6. The maximum Gasteiger partial charge on any atom is 0.306 e. The van der Waals surface area contributed by atoms with Crippen molar-refractivity contribution in [3.63, 3.8) is 0 Å². The average molecular weight is 277 g/mol. The molecule has 0 saturated carbocycles. The number of rotatable bonds is 1. The van der Waals surface area contributed by atoms with E-state index in [-0.39, 0.29) is 15.7 Å². The molecule has 0 radical (unpaired) electrons. The van der Waals surface area contributed by atoms with Crippen molar-refractivity contribution < 1.29 is 4.92 Å². The molecule has 0 fully saturated rings. The van der Waals surface area contributed by atoms with Gasteiger partial charge in [-0.15, -0.1) is 0 Å². The first-order valence-corrected chi connectivity index (χ1v) is 5.21. The zero-order valence-electron chi connectivity index (χ0n) is 7.58. The molecule has 0 spiro atoms. The maximum absolute atomic E-state index is 10.7. The van der Waals surface area contributed by atoms with Gasteiger partial charge in [0.05, 0.1) is 15.5 Å². The Balaban J connectivity index is 2.89. The van der Waals surface area contributed by atoms with Crippen LogP contribution < -0.4 is 0 Å². The number of pyridine rings is 1. The van der Waals surface area contributed by atoms with Crippen LogP contribution in [0.2, 0.25) is 15.1 Å². The number of hydrogen-bond acceptors (Lipinski definition) is 3. The van der Waals surface area contributed by atoms with Crippen molar-refractivity contribution >= 4 is 51.4 Å². The van der Waals surface area contributed by atoms with Crippen LogP contribution in [0, 0.1) is 10.1 Å². The van der Waals surface area contributed by atoms with E-state index in [0.717, 1.165) is 6.20 Å². The number of nitro groups is 1. The van der Waals surface area contributed by atoms with Crippen molar-refractivity contribution in [3.05, 3.63) is 43.5 Å². The van der Waals surface area contributed by atoms with E-state index in [2.05, 4.69) is 4.98 Å². The molecule has 2 aromatic rings. The van der Waals surface area contributed by atoms with Gasteiger partial charge in [-0.1, -0.05) is 34.8 Å². The first-order chi connectivity index (χ1) is 7.50. The fraction of sp³-hybridized carbons (Fsp3) is 0. The van der Waals surface area contributed by atoms with E-state index in [4.69, 9.17) is 34.8 Å². The minimum absolute atomic E-state index is 0.0309. The lowest BCUT2D eigenvalue weighted by Gasteiger charge is -2.03. The lowest BCUT2D eigenvalue weighted by molar-refractivity contribution is -0.384. The molecule has 82 valence electrons. The van der Waals surface area contributed by atoms with Crippen LogP contribution in [0.4, 0.5) is 5.69 Å². The van der Waals surface area contributed by atoms with Gasteiger partial charge in [-0.3, -0.25) is 10.1 Å². The van der Waals surface area contributed by atoms with Crippen LogP contribution >= 0.6 is 34.8 Å². The summed E-state index contributed by atoms with van der Waals surface area (Å²) in [5.74, 6) is 0. The van der Waals surface area contributed by atoms with Crippen molar-refractivity contribution in [1.82, 2.24) is 4.98 Å². The second-order valence-corrected chi connectivity index (χ2v) is 4.22. The normalized spacial score (nSPS) is 10.7. The van der Waals surface area contributed by atoms with Gasteiger partial charge in [0.2, 0.25) is 0 Å². The molecule has 16 heavy (non-hydrogen) atoms. The van der Waals surface area contributed by atoms with Crippen LogP contribution in [-0.2, 0) is 0 Å². The van der Waals surface area contributed by atoms with Crippen LogP contribution in [-0.4, -0.2) is 9.91 Å². The Labute approximate surface area is 105 Å². The molecule has 0 N–H and O–H groups in total. The first kappa shape index (κ1) is 11.4. The summed E-state index contributed by atoms with van der Waals surface area (Å²) < 4.78 is 0. The predicted molar refractivity (Wildman–Crippen MR) is 63.4 cm³/mol. The summed E-state index contributed by atoms with van der Waals surface area (Å²) in [7, 11) is 0. The third-order valence-corrected chi connectivity index (χ3v) is 2.90. The molecule has 0 aliphatic carbocycles. The number of nitrogens with zero attached hydrogens (tertiary/aromatic N) is 2. The smallest absolute Gasteiger partial charge is 0.258 e. The van der Waals surface area contributed by atoms with E-state index < -0.39 is 4.92 Å². The highest BCUT2D eigenvalue weighted by Crippen LogP contribution is 2.36. The molecule has 4 nitrogen and oxygen atoms in total. The Bertz CT molecular complexity index is 601. The van der Waals surface area contributed by atoms with Gasteiger partial charge in [0.25, 0.3) is 0 Å². The Hall–Kier alpha value is -1.10. The Kier molecular flexibility index (Phi) is 2.88. The quantitative estimate of drug-likeness (QED) is 0.582. The Morgan fingerprint density at radius 1 is 1.25 bits per heavy atom. The van der Waals surface area contributed by atoms with E-state index in [1.807, 2.05) is 0 Å². The van der Waals surface area contributed by atoms with Gasteiger partial charge in [-0.2, -0.15) is 0 Å². The van der Waals surface area contributed by atoms with Gasteiger partial charge >= 0.3 is 5.69 Å². The number of fused-ring (bicyclic) bond motifs is 1. The standard InChI is InChI=1S/C9H3Cl3N2O2/c10-4-1-5(11)8-6(2-4)13-3-7(9(8)12)14(15)16/h1-3H. The Morgan fingerprint density at radius 2 is 1.94 bits per heavy atom. The topological polar surface area (TPSA) is 56.0 Å². The van der Waals surface area contributed by atoms with Crippen molar-refractivity contribution in [2.24, 2.45) is 0 Å². The van der Waals surface area contributed by atoms with E-state index in [9.17, 15) is 10.1 Å². The molecule has 0 amide bonds. The van der Waals surface area contributed by atoms with E-state index in [1.54, 1.807) is 6.07 Å². The van der Waals surface area contributed by atoms with Crippen LogP contribution in [0.15, 0.2) is 18.3 Å². The lowest BCUT2D eigenvalue weighted by atomic mass is 10.2. The monoisotopic (exact) mass is 276 g/mol. The molecule has 0 bridgehead atoms. The van der Waals surface area contributed by atoms with E-state index in [1.165, 1.54) is 6.07 Å². The zero-order valence-corrected chi connectivity index (χ0v) is 9.84. The highest BCUT2D eigenvalue weighted by molar-refractivity contribution is 6.44. The molecule has 0 aliphatic heterocycles. The van der Waals surface area contributed by atoms with Gasteiger partial charge in [0.1, 0.15) is 11.2 Å². The molecular formula is C9H3Cl3N2O2. The predicted octanol–water partition coefficient (Wildman–Crippen LogP) is 4.10. The van der Waals surface area contributed by atoms with E-state index in [0.29, 0.717) is 15.9 Å². The summed E-state index contributed by atoms with van der Waals surface area (Å²) in [6.07, 6.45) is 1.08. The summed E-state index contributed by atoms with van der Waals surface area (Å²) in [4.78, 5) is 13.9. The van der Waals surface area contributed by atoms with Crippen LogP contribution in [0.1, 0.15) is 0 Å². The summed E-state index contributed by atoms with van der Waals surface area (Å²) in [6.45, 7) is 0. The molecule has 0 unspecified atom stereocenters. The van der Waals surface area contributed by atoms with Gasteiger partial charge in [-0.05, 0) is 12.1 Å². The fourth-order valence-corrected chi connectivity index (χ4v) is 2.26. The average Bonchev–Trinajstić information content (AvgIpc) is 2.15. The third-order valence-electron chi connectivity index (χ3n) is 2.00. The zero-order chi connectivity index (χ0) is 11.9. The molecule has 0 atom stereocenters. The summed E-state index contributed by atoms with van der Waals surface area (Å²) in [6, 6.07) is 3.00. The first-order valence-electron chi connectivity index (χ1n) is 4.08. The molecule has 1 aromatic heterocycles. The van der Waals surface area contributed by atoms with Crippen molar-refractivity contribution in [1.29, 1.82) is 0 Å². The number of aromatic nitrogens is 1. The van der Waals surface area contributed by atoms with Gasteiger partial charge < -0.3 is 0 Å². The van der Waals surface area contributed by atoms with Crippen LogP contribution in [0.3, 0.4) is 0 Å². The number of halogens is 3. The second-order valence-electron chi connectivity index (χ2n) is 3.00. The molecule has 0 aliphatic rings. The van der Waals surface area contributed by atoms with Crippen molar-refractivity contribution in [3.8, 4) is 0 Å². The molecule has 1 aromatic carbocycles. The highest BCUT2D eigenvalue weighted by atomic mass is 35.5. The fourth-order valence-electron chi connectivity index (χ4n) is 1.32. The molecule has 0 saturated heterocycles. The summed E-state index contributed by atoms with van der Waals surface area (Å²) in [5.41, 5.74) is 0.145. The molecule has 7 heteroatoms. The van der Waals surface area contributed by atoms with Crippen molar-refractivity contribution in [2.45, 2.75) is 0 Å². The highest BCUT2D eigenvalue weighted by Gasteiger charge is 2.18. The third kappa shape index (κ3) is 1.80. The minimum atomic E-state index is -0.611. The SMILES string of the molecule is O=[N+]([O-])c1cnc2cc(Cl)cc(Cl)c2c1Cl.